The van der Waals surface area contributed by atoms with Gasteiger partial charge in [-0.25, -0.2) is 4.79 Å². The van der Waals surface area contributed by atoms with Gasteiger partial charge in [0, 0.05) is 12.0 Å². The number of hydrogen-bond acceptors (Lipinski definition) is 3. The van der Waals surface area contributed by atoms with Crippen molar-refractivity contribution in [2.24, 2.45) is 0 Å². The van der Waals surface area contributed by atoms with Crippen molar-refractivity contribution in [2.45, 2.75) is 19.8 Å². The number of carboxylic acid groups (broad SMARTS) is 1. The molecular formula is C8H10N4O2. The molecule has 0 bridgehead atoms. The highest BCUT2D eigenvalue weighted by Crippen LogP contribution is 2.11. The molecule has 0 saturated carbocycles. The molecule has 6 nitrogen and oxygen atoms in total. The van der Waals surface area contributed by atoms with Crippen molar-refractivity contribution in [2.75, 3.05) is 0 Å². The predicted octanol–water partition coefficient (Wildman–Crippen LogP) is 0.879. The Hall–Kier alpha value is -1.85. The molecule has 2 aromatic rings. The first-order chi connectivity index (χ1) is 6.58. The molecule has 14 heavy (non-hydrogen) atoms. The fraction of sp³-hybridized carbons (Fsp3) is 0.375. The van der Waals surface area contributed by atoms with E-state index < -0.39 is 5.97 Å². The van der Waals surface area contributed by atoms with E-state index in [4.69, 9.17) is 5.11 Å². The average Bonchev–Trinajstić information content (AvgIpc) is 2.57. The second kappa shape index (κ2) is 2.83. The lowest BCUT2D eigenvalue weighted by Crippen LogP contribution is -1.99. The van der Waals surface area contributed by atoms with Gasteiger partial charge in [-0.2, -0.15) is 0 Å². The van der Waals surface area contributed by atoms with Gasteiger partial charge in [0.25, 0.3) is 0 Å². The van der Waals surface area contributed by atoms with Crippen LogP contribution in [0.4, 0.5) is 0 Å². The molecule has 0 unspecified atom stereocenters. The molecule has 2 N–H and O–H groups in total. The second-order valence-corrected chi connectivity index (χ2v) is 3.37. The van der Waals surface area contributed by atoms with E-state index in [1.165, 1.54) is 10.7 Å². The number of carbonyl (C=O) groups is 1. The summed E-state index contributed by atoms with van der Waals surface area (Å²) in [4.78, 5) is 13.6. The van der Waals surface area contributed by atoms with Crippen molar-refractivity contribution < 1.29 is 9.90 Å². The molecule has 0 aliphatic carbocycles. The fourth-order valence-electron chi connectivity index (χ4n) is 1.16. The number of hydrogen-bond donors (Lipinski definition) is 2. The molecule has 2 rings (SSSR count). The third kappa shape index (κ3) is 1.24. The van der Waals surface area contributed by atoms with Crippen LogP contribution in [0.3, 0.4) is 0 Å². The van der Waals surface area contributed by atoms with Crippen LogP contribution in [0, 0.1) is 0 Å². The fourth-order valence-corrected chi connectivity index (χ4v) is 1.16. The minimum atomic E-state index is -1.05. The molecule has 0 fully saturated rings. The third-order valence-corrected chi connectivity index (χ3v) is 1.92. The summed E-state index contributed by atoms with van der Waals surface area (Å²) in [7, 11) is 0. The van der Waals surface area contributed by atoms with Crippen LogP contribution < -0.4 is 0 Å². The molecule has 2 heterocycles. The molecule has 0 saturated heterocycles. The SMILES string of the molecule is CC(C)c1nn2nc(C(=O)O)cc2[nH]1. The highest BCUT2D eigenvalue weighted by Gasteiger charge is 2.12. The van der Waals surface area contributed by atoms with Crippen molar-refractivity contribution >= 4 is 11.6 Å². The molecule has 74 valence electrons. The zero-order valence-electron chi connectivity index (χ0n) is 7.85. The Labute approximate surface area is 79.6 Å². The summed E-state index contributed by atoms with van der Waals surface area (Å²) in [6, 6.07) is 1.46. The maximum absolute atomic E-state index is 10.6. The Morgan fingerprint density at radius 1 is 1.57 bits per heavy atom. The summed E-state index contributed by atoms with van der Waals surface area (Å²) in [5, 5.41) is 16.6. The van der Waals surface area contributed by atoms with Crippen LogP contribution in [0.25, 0.3) is 5.65 Å². The first-order valence-corrected chi connectivity index (χ1v) is 4.27. The lowest BCUT2D eigenvalue weighted by atomic mass is 10.2. The Morgan fingerprint density at radius 2 is 2.29 bits per heavy atom. The molecule has 0 aliphatic rings. The Kier molecular flexibility index (Phi) is 1.77. The molecular weight excluding hydrogens is 184 g/mol. The maximum atomic E-state index is 10.6. The molecule has 0 aromatic carbocycles. The van der Waals surface area contributed by atoms with E-state index in [-0.39, 0.29) is 11.6 Å². The van der Waals surface area contributed by atoms with Crippen LogP contribution in [-0.2, 0) is 0 Å². The van der Waals surface area contributed by atoms with E-state index in [1.54, 1.807) is 0 Å². The van der Waals surface area contributed by atoms with Gasteiger partial charge in [-0.1, -0.05) is 13.8 Å². The van der Waals surface area contributed by atoms with E-state index in [2.05, 4.69) is 15.2 Å². The van der Waals surface area contributed by atoms with Crippen molar-refractivity contribution in [1.82, 2.24) is 19.8 Å². The highest BCUT2D eigenvalue weighted by molar-refractivity contribution is 5.86. The number of nitrogens with one attached hydrogen (secondary N) is 1. The van der Waals surface area contributed by atoms with Gasteiger partial charge in [0.05, 0.1) is 0 Å². The Bertz CT molecular complexity index is 451. The molecule has 2 aromatic heterocycles. The average molecular weight is 194 g/mol. The minimum Gasteiger partial charge on any atom is -0.476 e. The second-order valence-electron chi connectivity index (χ2n) is 3.37. The van der Waals surface area contributed by atoms with E-state index in [9.17, 15) is 4.79 Å². The molecule has 0 amide bonds. The van der Waals surface area contributed by atoms with Crippen molar-refractivity contribution in [3.8, 4) is 0 Å². The van der Waals surface area contributed by atoms with Gasteiger partial charge < -0.3 is 10.1 Å². The van der Waals surface area contributed by atoms with Crippen LogP contribution >= 0.6 is 0 Å². The van der Waals surface area contributed by atoms with Crippen molar-refractivity contribution in [1.29, 1.82) is 0 Å². The van der Waals surface area contributed by atoms with Crippen molar-refractivity contribution in [3.63, 3.8) is 0 Å². The largest absolute Gasteiger partial charge is 0.476 e. The van der Waals surface area contributed by atoms with Crippen LogP contribution in [0.5, 0.6) is 0 Å². The van der Waals surface area contributed by atoms with E-state index >= 15 is 0 Å². The van der Waals surface area contributed by atoms with Crippen LogP contribution in [-0.4, -0.2) is 30.9 Å². The molecule has 0 spiro atoms. The number of carboxylic acids is 1. The topological polar surface area (TPSA) is 83.3 Å². The van der Waals surface area contributed by atoms with Gasteiger partial charge in [-0.3, -0.25) is 0 Å². The van der Waals surface area contributed by atoms with Gasteiger partial charge in [0.1, 0.15) is 5.82 Å². The molecule has 0 atom stereocenters. The van der Waals surface area contributed by atoms with Gasteiger partial charge >= 0.3 is 5.97 Å². The quantitative estimate of drug-likeness (QED) is 0.743. The summed E-state index contributed by atoms with van der Waals surface area (Å²) in [5.41, 5.74) is 0.602. The van der Waals surface area contributed by atoms with Gasteiger partial charge in [-0.15, -0.1) is 14.8 Å². The summed E-state index contributed by atoms with van der Waals surface area (Å²) in [5.74, 6) is 0.0180. The molecule has 0 radical (unpaired) electrons. The Morgan fingerprint density at radius 3 is 2.79 bits per heavy atom. The summed E-state index contributed by atoms with van der Waals surface area (Å²) >= 11 is 0. The van der Waals surface area contributed by atoms with E-state index in [0.29, 0.717) is 5.65 Å². The van der Waals surface area contributed by atoms with E-state index in [0.717, 1.165) is 5.82 Å². The van der Waals surface area contributed by atoms with Crippen molar-refractivity contribution in [3.05, 3.63) is 17.6 Å². The number of aromatic nitrogens is 4. The normalized spacial score (nSPS) is 11.4. The smallest absolute Gasteiger partial charge is 0.356 e. The molecule has 6 heteroatoms. The lowest BCUT2D eigenvalue weighted by molar-refractivity contribution is 0.0690. The first kappa shape index (κ1) is 8.74. The standard InChI is InChI=1S/C8H10N4O2/c1-4(2)7-9-6-3-5(8(13)14)10-12(6)11-7/h3-4H,1-2H3,(H,9,11)(H,13,14). The van der Waals surface area contributed by atoms with Crippen LogP contribution in [0.2, 0.25) is 0 Å². The lowest BCUT2D eigenvalue weighted by Gasteiger charge is -1.94. The van der Waals surface area contributed by atoms with Crippen LogP contribution in [0.1, 0.15) is 36.1 Å². The predicted molar refractivity (Wildman–Crippen MR) is 48.4 cm³/mol. The first-order valence-electron chi connectivity index (χ1n) is 4.27. The summed E-state index contributed by atoms with van der Waals surface area (Å²) in [6.45, 7) is 3.99. The van der Waals surface area contributed by atoms with Gasteiger partial charge in [-0.05, 0) is 0 Å². The van der Waals surface area contributed by atoms with Gasteiger partial charge in [0.15, 0.2) is 11.3 Å². The number of aromatic amines is 1. The van der Waals surface area contributed by atoms with Crippen LogP contribution in [0.15, 0.2) is 6.07 Å². The molecule has 0 aliphatic heterocycles. The number of fused-ring (bicyclic) bond motifs is 1. The zero-order valence-corrected chi connectivity index (χ0v) is 7.85. The maximum Gasteiger partial charge on any atom is 0.356 e. The van der Waals surface area contributed by atoms with Gasteiger partial charge in [0.2, 0.25) is 0 Å². The minimum absolute atomic E-state index is 0.000874. The zero-order chi connectivity index (χ0) is 10.3. The highest BCUT2D eigenvalue weighted by atomic mass is 16.4. The summed E-state index contributed by atoms with van der Waals surface area (Å²) in [6.07, 6.45) is 0. The van der Waals surface area contributed by atoms with E-state index in [1.807, 2.05) is 13.8 Å². The number of rotatable bonds is 2. The number of nitrogens with zero attached hydrogens (tertiary/aromatic N) is 3. The monoisotopic (exact) mass is 194 g/mol. The Balaban J connectivity index is 2.50. The number of H-pyrrole nitrogens is 1. The number of aromatic carboxylic acids is 1. The third-order valence-electron chi connectivity index (χ3n) is 1.92. The summed E-state index contributed by atoms with van der Waals surface area (Å²) < 4.78 is 1.30.